The van der Waals surface area contributed by atoms with E-state index < -0.39 is 0 Å². The summed E-state index contributed by atoms with van der Waals surface area (Å²) in [6.45, 7) is 4.38. The largest absolute Gasteiger partial charge is 0.332 e. The number of aromatic amines is 1. The molecule has 1 amide bonds. The number of rotatable bonds is 2. The van der Waals surface area contributed by atoms with Crippen LogP contribution in [0.3, 0.4) is 0 Å². The lowest BCUT2D eigenvalue weighted by Crippen LogP contribution is -2.52. The van der Waals surface area contributed by atoms with Gasteiger partial charge in [-0.3, -0.25) is 9.89 Å². The maximum atomic E-state index is 12.5. The molecule has 21 heavy (non-hydrogen) atoms. The fraction of sp³-hybridized carbons (Fsp3) is 0.333. The lowest BCUT2D eigenvalue weighted by atomic mass is 10.1. The van der Waals surface area contributed by atoms with E-state index in [1.807, 2.05) is 36.1 Å². The monoisotopic (exact) mass is 304 g/mol. The zero-order valence-corrected chi connectivity index (χ0v) is 12.5. The van der Waals surface area contributed by atoms with E-state index >= 15 is 0 Å². The lowest BCUT2D eigenvalue weighted by Gasteiger charge is -2.33. The molecule has 2 aromatic rings. The number of hydrogen-bond donors (Lipinski definition) is 2. The summed E-state index contributed by atoms with van der Waals surface area (Å²) in [5, 5.41) is 10.9. The zero-order chi connectivity index (χ0) is 14.8. The summed E-state index contributed by atoms with van der Waals surface area (Å²) in [4.78, 5) is 14.4. The zero-order valence-electron chi connectivity index (χ0n) is 11.8. The molecule has 0 bridgehead atoms. The summed E-state index contributed by atoms with van der Waals surface area (Å²) in [6, 6.07) is 9.41. The van der Waals surface area contributed by atoms with Crippen LogP contribution in [-0.2, 0) is 0 Å². The van der Waals surface area contributed by atoms with E-state index in [-0.39, 0.29) is 11.9 Å². The fourth-order valence-corrected chi connectivity index (χ4v) is 2.77. The van der Waals surface area contributed by atoms with Crippen molar-refractivity contribution in [3.63, 3.8) is 0 Å². The molecule has 1 aromatic carbocycles. The smallest absolute Gasteiger partial charge is 0.272 e. The minimum Gasteiger partial charge on any atom is -0.332 e. The third kappa shape index (κ3) is 2.80. The normalized spacial score (nSPS) is 18.8. The van der Waals surface area contributed by atoms with Crippen molar-refractivity contribution in [1.82, 2.24) is 20.4 Å². The molecular weight excluding hydrogens is 288 g/mol. The van der Waals surface area contributed by atoms with Crippen molar-refractivity contribution < 1.29 is 4.79 Å². The number of piperazine rings is 1. The first kappa shape index (κ1) is 14.1. The Bertz CT molecular complexity index is 655. The van der Waals surface area contributed by atoms with Crippen molar-refractivity contribution in [2.24, 2.45) is 0 Å². The average molecular weight is 305 g/mol. The van der Waals surface area contributed by atoms with Gasteiger partial charge in [-0.15, -0.1) is 0 Å². The number of nitrogens with one attached hydrogen (secondary N) is 2. The molecule has 6 heteroatoms. The molecule has 5 nitrogen and oxygen atoms in total. The molecule has 2 heterocycles. The summed E-state index contributed by atoms with van der Waals surface area (Å²) in [5.41, 5.74) is 2.01. The van der Waals surface area contributed by atoms with Gasteiger partial charge in [0.15, 0.2) is 0 Å². The molecule has 2 N–H and O–H groups in total. The number of carbonyl (C=O) groups is 1. The number of aromatic nitrogens is 2. The predicted molar refractivity (Wildman–Crippen MR) is 82.4 cm³/mol. The number of H-pyrrole nitrogens is 1. The first-order valence-corrected chi connectivity index (χ1v) is 7.36. The first-order chi connectivity index (χ1) is 10.2. The minimum absolute atomic E-state index is 0.0187. The molecule has 0 radical (unpaired) electrons. The predicted octanol–water partition coefficient (Wildman–Crippen LogP) is 2.16. The molecule has 1 saturated heterocycles. The summed E-state index contributed by atoms with van der Waals surface area (Å²) in [7, 11) is 0. The van der Waals surface area contributed by atoms with Crippen molar-refractivity contribution >= 4 is 17.5 Å². The van der Waals surface area contributed by atoms with Crippen LogP contribution >= 0.6 is 11.6 Å². The molecule has 1 aromatic heterocycles. The van der Waals surface area contributed by atoms with E-state index in [0.29, 0.717) is 23.0 Å². The highest BCUT2D eigenvalue weighted by Crippen LogP contribution is 2.26. The second-order valence-electron chi connectivity index (χ2n) is 5.20. The summed E-state index contributed by atoms with van der Waals surface area (Å²) < 4.78 is 0. The molecular formula is C15H17ClN4O. The molecule has 1 fully saturated rings. The van der Waals surface area contributed by atoms with Crippen molar-refractivity contribution in [1.29, 1.82) is 0 Å². The van der Waals surface area contributed by atoms with Crippen molar-refractivity contribution in [2.75, 3.05) is 19.6 Å². The highest BCUT2D eigenvalue weighted by atomic mass is 35.5. The van der Waals surface area contributed by atoms with Crippen LogP contribution in [0, 0.1) is 0 Å². The van der Waals surface area contributed by atoms with Gasteiger partial charge in [-0.2, -0.15) is 5.10 Å². The second kappa shape index (κ2) is 5.87. The van der Waals surface area contributed by atoms with Gasteiger partial charge >= 0.3 is 0 Å². The minimum atomic E-state index is -0.0187. The van der Waals surface area contributed by atoms with Gasteiger partial charge in [0.25, 0.3) is 5.91 Å². The summed E-state index contributed by atoms with van der Waals surface area (Å²) in [6.07, 6.45) is 0. The van der Waals surface area contributed by atoms with Gasteiger partial charge < -0.3 is 10.2 Å². The number of benzene rings is 1. The van der Waals surface area contributed by atoms with Gasteiger partial charge in [0.1, 0.15) is 5.69 Å². The summed E-state index contributed by atoms with van der Waals surface area (Å²) >= 11 is 6.16. The average Bonchev–Trinajstić information content (AvgIpc) is 2.97. The molecule has 110 valence electrons. The van der Waals surface area contributed by atoms with Crippen molar-refractivity contribution in [3.05, 3.63) is 41.0 Å². The highest BCUT2D eigenvalue weighted by molar-refractivity contribution is 6.33. The molecule has 3 rings (SSSR count). The number of carbonyl (C=O) groups excluding carboxylic acids is 1. The SMILES string of the molecule is C[C@H]1CNCCN1C(=O)c1cc(-c2ccccc2Cl)n[nH]1. The van der Waals surface area contributed by atoms with Crippen LogP contribution in [-0.4, -0.2) is 46.7 Å². The Morgan fingerprint density at radius 1 is 1.43 bits per heavy atom. The van der Waals surface area contributed by atoms with E-state index in [1.165, 1.54) is 0 Å². The van der Waals surface area contributed by atoms with E-state index in [1.54, 1.807) is 6.07 Å². The molecule has 0 saturated carbocycles. The Kier molecular flexibility index (Phi) is 3.94. The molecule has 0 aliphatic carbocycles. The first-order valence-electron chi connectivity index (χ1n) is 6.99. The van der Waals surface area contributed by atoms with Crippen molar-refractivity contribution in [3.8, 4) is 11.3 Å². The lowest BCUT2D eigenvalue weighted by molar-refractivity contribution is 0.0649. The van der Waals surface area contributed by atoms with E-state index in [4.69, 9.17) is 11.6 Å². The Morgan fingerprint density at radius 2 is 2.24 bits per heavy atom. The number of halogens is 1. The van der Waals surface area contributed by atoms with Gasteiger partial charge in [0, 0.05) is 31.2 Å². The number of hydrogen-bond acceptors (Lipinski definition) is 3. The maximum Gasteiger partial charge on any atom is 0.272 e. The van der Waals surface area contributed by atoms with Crippen LogP contribution in [0.25, 0.3) is 11.3 Å². The topological polar surface area (TPSA) is 61.0 Å². The van der Waals surface area contributed by atoms with Crippen molar-refractivity contribution in [2.45, 2.75) is 13.0 Å². The van der Waals surface area contributed by atoms with Crippen LogP contribution in [0.2, 0.25) is 5.02 Å². The van der Waals surface area contributed by atoms with E-state index in [0.717, 1.165) is 18.7 Å². The van der Waals surface area contributed by atoms with Gasteiger partial charge in [0.2, 0.25) is 0 Å². The molecule has 0 spiro atoms. The van der Waals surface area contributed by atoms with Crippen LogP contribution in [0.15, 0.2) is 30.3 Å². The fourth-order valence-electron chi connectivity index (χ4n) is 2.54. The second-order valence-corrected chi connectivity index (χ2v) is 5.61. The Labute approximate surface area is 128 Å². The molecule has 1 aliphatic heterocycles. The molecule has 1 atom stereocenters. The Morgan fingerprint density at radius 3 is 3.00 bits per heavy atom. The highest BCUT2D eigenvalue weighted by Gasteiger charge is 2.25. The van der Waals surface area contributed by atoms with Crippen LogP contribution in [0.5, 0.6) is 0 Å². The Hall–Kier alpha value is -1.85. The quantitative estimate of drug-likeness (QED) is 0.894. The molecule has 0 unspecified atom stereocenters. The maximum absolute atomic E-state index is 12.5. The Balaban J connectivity index is 1.85. The standard InChI is InChI=1S/C15H17ClN4O/c1-10-9-17-6-7-20(10)15(21)14-8-13(18-19-14)11-4-2-3-5-12(11)16/h2-5,8,10,17H,6-7,9H2,1H3,(H,18,19)/t10-/m0/s1. The van der Waals surface area contributed by atoms with Gasteiger partial charge in [-0.1, -0.05) is 29.8 Å². The van der Waals surface area contributed by atoms with Gasteiger partial charge in [0.05, 0.1) is 10.7 Å². The summed E-state index contributed by atoms with van der Waals surface area (Å²) in [5.74, 6) is -0.0187. The van der Waals surface area contributed by atoms with Crippen LogP contribution < -0.4 is 5.32 Å². The molecule has 1 aliphatic rings. The number of nitrogens with zero attached hydrogens (tertiary/aromatic N) is 2. The van der Waals surface area contributed by atoms with Crippen LogP contribution in [0.1, 0.15) is 17.4 Å². The van der Waals surface area contributed by atoms with E-state index in [9.17, 15) is 4.79 Å². The third-order valence-corrected chi connectivity index (χ3v) is 4.05. The van der Waals surface area contributed by atoms with Gasteiger partial charge in [-0.25, -0.2) is 0 Å². The van der Waals surface area contributed by atoms with Crippen LogP contribution in [0.4, 0.5) is 0 Å². The third-order valence-electron chi connectivity index (χ3n) is 3.72. The van der Waals surface area contributed by atoms with Gasteiger partial charge in [-0.05, 0) is 19.1 Å². The number of amides is 1. The van der Waals surface area contributed by atoms with E-state index in [2.05, 4.69) is 15.5 Å².